The Kier molecular flexibility index (Phi) is 4.57. The Morgan fingerprint density at radius 1 is 0.966 bits per heavy atom. The largest absolute Gasteiger partial charge is 0.455 e. The van der Waals surface area contributed by atoms with Crippen molar-refractivity contribution in [1.82, 2.24) is 5.43 Å². The summed E-state index contributed by atoms with van der Waals surface area (Å²) in [5, 5.41) is 4.47. The van der Waals surface area contributed by atoms with E-state index in [1.807, 2.05) is 0 Å². The summed E-state index contributed by atoms with van der Waals surface area (Å²) >= 11 is 0. The minimum absolute atomic E-state index is 0.0800. The van der Waals surface area contributed by atoms with Crippen LogP contribution in [0.4, 0.5) is 0 Å². The lowest BCUT2D eigenvalue weighted by Gasteiger charge is -2.50. The average molecular weight is 413 g/mol. The molecule has 0 spiro atoms. The summed E-state index contributed by atoms with van der Waals surface area (Å²) in [7, 11) is -3.52. The van der Waals surface area contributed by atoms with Gasteiger partial charge in [0.1, 0.15) is 11.5 Å². The molecule has 0 unspecified atom stereocenters. The maximum atomic E-state index is 12.5. The molecule has 1 aromatic heterocycles. The molecule has 1 heterocycles. The van der Waals surface area contributed by atoms with Crippen molar-refractivity contribution in [2.45, 2.75) is 42.8 Å². The molecule has 29 heavy (non-hydrogen) atoms. The quantitative estimate of drug-likeness (QED) is 0.757. The zero-order valence-electron chi connectivity index (χ0n) is 16.1. The molecule has 4 aliphatic rings. The number of hydrazone groups is 1. The van der Waals surface area contributed by atoms with E-state index in [2.05, 4.69) is 10.5 Å². The van der Waals surface area contributed by atoms with Gasteiger partial charge in [0.15, 0.2) is 15.6 Å². The Bertz CT molecular complexity index is 1030. The van der Waals surface area contributed by atoms with Crippen LogP contribution in [0.2, 0.25) is 0 Å². The van der Waals surface area contributed by atoms with E-state index in [9.17, 15) is 13.2 Å². The van der Waals surface area contributed by atoms with Gasteiger partial charge in [-0.15, -0.1) is 0 Å². The predicted molar refractivity (Wildman–Crippen MR) is 108 cm³/mol. The maximum absolute atomic E-state index is 12.5. The minimum Gasteiger partial charge on any atom is -0.455 e. The molecule has 4 bridgehead atoms. The maximum Gasteiger partial charge on any atom is 0.307 e. The van der Waals surface area contributed by atoms with Crippen molar-refractivity contribution in [3.05, 3.63) is 54.0 Å². The molecule has 4 fully saturated rings. The fraction of sp³-hybridized carbons (Fsp3) is 0.455. The molecule has 0 atom stereocenters. The van der Waals surface area contributed by atoms with Crippen LogP contribution in [0.1, 0.15) is 48.4 Å². The molecule has 7 heteroatoms. The van der Waals surface area contributed by atoms with E-state index >= 15 is 0 Å². The van der Waals surface area contributed by atoms with Crippen LogP contribution in [0.25, 0.3) is 0 Å². The monoisotopic (exact) mass is 412 g/mol. The minimum atomic E-state index is -3.52. The number of amides is 1. The summed E-state index contributed by atoms with van der Waals surface area (Å²) in [6.45, 7) is 0. The van der Waals surface area contributed by atoms with Crippen molar-refractivity contribution < 1.29 is 17.6 Å². The van der Waals surface area contributed by atoms with Gasteiger partial charge in [-0.05, 0) is 80.0 Å². The number of hydrogen-bond donors (Lipinski definition) is 1. The van der Waals surface area contributed by atoms with Gasteiger partial charge in [-0.3, -0.25) is 4.79 Å². The number of furan rings is 1. The zero-order valence-corrected chi connectivity index (χ0v) is 16.9. The van der Waals surface area contributed by atoms with Crippen molar-refractivity contribution in [3.8, 4) is 0 Å². The van der Waals surface area contributed by atoms with Crippen LogP contribution in [0.15, 0.2) is 56.9 Å². The van der Waals surface area contributed by atoms with Crippen molar-refractivity contribution in [3.63, 3.8) is 0 Å². The Morgan fingerprint density at radius 3 is 2.28 bits per heavy atom. The molecular weight excluding hydrogens is 388 g/mol. The van der Waals surface area contributed by atoms with Gasteiger partial charge < -0.3 is 4.42 Å². The summed E-state index contributed by atoms with van der Waals surface area (Å²) in [6, 6.07) is 11.3. The lowest BCUT2D eigenvalue weighted by atomic mass is 9.55. The molecule has 0 saturated heterocycles. The first-order valence-corrected chi connectivity index (χ1v) is 11.9. The molecule has 6 rings (SSSR count). The van der Waals surface area contributed by atoms with Gasteiger partial charge in [-0.1, -0.05) is 18.2 Å². The van der Waals surface area contributed by atoms with Crippen molar-refractivity contribution in [2.75, 3.05) is 0 Å². The van der Waals surface area contributed by atoms with Gasteiger partial charge in [-0.25, -0.2) is 13.8 Å². The van der Waals surface area contributed by atoms with Crippen molar-refractivity contribution in [2.24, 2.45) is 28.8 Å². The van der Waals surface area contributed by atoms with E-state index in [1.165, 1.54) is 44.2 Å². The predicted octanol–water partition coefficient (Wildman–Crippen LogP) is 3.80. The first-order chi connectivity index (χ1) is 14.0. The molecule has 152 valence electrons. The van der Waals surface area contributed by atoms with E-state index in [-0.39, 0.29) is 22.2 Å². The molecule has 4 saturated carbocycles. The van der Waals surface area contributed by atoms with E-state index in [0.717, 1.165) is 17.5 Å². The number of sulfone groups is 1. The van der Waals surface area contributed by atoms with E-state index in [0.29, 0.717) is 11.8 Å². The van der Waals surface area contributed by atoms with Crippen LogP contribution < -0.4 is 5.43 Å². The second-order valence-corrected chi connectivity index (χ2v) is 10.6. The van der Waals surface area contributed by atoms with Crippen LogP contribution in [0.3, 0.4) is 0 Å². The van der Waals surface area contributed by atoms with Gasteiger partial charge >= 0.3 is 5.91 Å². The van der Waals surface area contributed by atoms with Crippen LogP contribution in [-0.2, 0) is 15.6 Å². The number of carbonyl (C=O) groups is 1. The topological polar surface area (TPSA) is 88.7 Å². The van der Waals surface area contributed by atoms with Gasteiger partial charge in [0.2, 0.25) is 0 Å². The fourth-order valence-electron chi connectivity index (χ4n) is 5.50. The highest BCUT2D eigenvalue weighted by molar-refractivity contribution is 7.90. The Balaban J connectivity index is 1.26. The third-order valence-electron chi connectivity index (χ3n) is 6.58. The van der Waals surface area contributed by atoms with Gasteiger partial charge in [0.05, 0.1) is 4.90 Å². The molecule has 1 N–H and O–H groups in total. The fourth-order valence-corrected chi connectivity index (χ4v) is 6.76. The third-order valence-corrected chi connectivity index (χ3v) is 8.24. The molecule has 1 amide bonds. The second-order valence-electron chi connectivity index (χ2n) is 8.62. The molecule has 6 nitrogen and oxygen atoms in total. The molecule has 0 aliphatic heterocycles. The van der Waals surface area contributed by atoms with E-state index in [1.54, 1.807) is 30.3 Å². The van der Waals surface area contributed by atoms with Crippen LogP contribution in [0.5, 0.6) is 0 Å². The summed E-state index contributed by atoms with van der Waals surface area (Å²) in [5.74, 6) is 2.29. The van der Waals surface area contributed by atoms with Gasteiger partial charge in [0, 0.05) is 5.71 Å². The first-order valence-electron chi connectivity index (χ1n) is 10.2. The number of carbonyl (C=O) groups excluding carboxylic acids is 1. The number of hydrogen-bond acceptors (Lipinski definition) is 5. The highest BCUT2D eigenvalue weighted by atomic mass is 32.2. The molecule has 1 aromatic carbocycles. The summed E-state index contributed by atoms with van der Waals surface area (Å²) in [6.07, 6.45) is 6.16. The standard InChI is InChI=1S/C22H24N2O4S/c25-22(24-23-21-16-9-14-8-15(11-16)12-17(21)10-14)20-7-6-18(28-20)13-29(26,27)19-4-2-1-3-5-19/h1-7,14-17H,8-13H2,(H,24,25). The Morgan fingerprint density at radius 2 is 1.62 bits per heavy atom. The average Bonchev–Trinajstić information content (AvgIpc) is 3.15. The molecule has 2 aromatic rings. The number of nitrogens with one attached hydrogen (secondary N) is 1. The normalized spacial score (nSPS) is 27.8. The summed E-state index contributed by atoms with van der Waals surface area (Å²) in [5.41, 5.74) is 3.78. The van der Waals surface area contributed by atoms with Gasteiger partial charge in [-0.2, -0.15) is 5.10 Å². The van der Waals surface area contributed by atoms with Crippen molar-refractivity contribution in [1.29, 1.82) is 0 Å². The van der Waals surface area contributed by atoms with Crippen LogP contribution in [0, 0.1) is 23.7 Å². The molecule has 4 aliphatic carbocycles. The highest BCUT2D eigenvalue weighted by Crippen LogP contribution is 2.52. The van der Waals surface area contributed by atoms with E-state index < -0.39 is 15.7 Å². The SMILES string of the molecule is O=C(NN=C1C2CC3CC(C2)CC1C3)c1ccc(CS(=O)(=O)c2ccccc2)o1. The number of nitrogens with zero attached hydrogens (tertiary/aromatic N) is 1. The number of benzene rings is 1. The van der Waals surface area contributed by atoms with Gasteiger partial charge in [0.25, 0.3) is 0 Å². The first kappa shape index (κ1) is 18.6. The second kappa shape index (κ2) is 7.13. The van der Waals surface area contributed by atoms with Crippen LogP contribution >= 0.6 is 0 Å². The smallest absolute Gasteiger partial charge is 0.307 e. The highest BCUT2D eigenvalue weighted by Gasteiger charge is 2.46. The Labute approximate surface area is 170 Å². The number of rotatable bonds is 5. The molecule has 0 radical (unpaired) electrons. The van der Waals surface area contributed by atoms with Crippen LogP contribution in [-0.4, -0.2) is 20.0 Å². The summed E-state index contributed by atoms with van der Waals surface area (Å²) in [4.78, 5) is 12.7. The zero-order chi connectivity index (χ0) is 20.0. The third kappa shape index (κ3) is 3.64. The molecular formula is C22H24N2O4S. The lowest BCUT2D eigenvalue weighted by Crippen LogP contribution is -2.46. The van der Waals surface area contributed by atoms with E-state index in [4.69, 9.17) is 4.42 Å². The lowest BCUT2D eigenvalue weighted by molar-refractivity contribution is 0.0915. The summed E-state index contributed by atoms with van der Waals surface area (Å²) < 4.78 is 30.4. The van der Waals surface area contributed by atoms with Crippen molar-refractivity contribution >= 4 is 21.5 Å². The Hall–Kier alpha value is -2.41.